The first kappa shape index (κ1) is 21.8. The molecule has 7 heteroatoms. The number of anilines is 1. The number of thioether (sulfide) groups is 1. The Morgan fingerprint density at radius 2 is 1.84 bits per heavy atom. The van der Waals surface area contributed by atoms with Gasteiger partial charge in [0.2, 0.25) is 5.91 Å². The highest BCUT2D eigenvalue weighted by atomic mass is 32.2. The van der Waals surface area contributed by atoms with Gasteiger partial charge >= 0.3 is 0 Å². The Morgan fingerprint density at radius 3 is 2.62 bits per heavy atom. The molecule has 1 aromatic heterocycles. The first-order chi connectivity index (χ1) is 15.5. The van der Waals surface area contributed by atoms with E-state index in [1.807, 2.05) is 37.3 Å². The molecule has 5 nitrogen and oxygen atoms in total. The summed E-state index contributed by atoms with van der Waals surface area (Å²) in [6.07, 6.45) is 0.951. The maximum absolute atomic E-state index is 13.8. The molecule has 0 saturated heterocycles. The fourth-order valence-electron chi connectivity index (χ4n) is 3.31. The number of hydrogen-bond acceptors (Lipinski definition) is 4. The van der Waals surface area contributed by atoms with Gasteiger partial charge in [0.15, 0.2) is 5.16 Å². The standard InChI is InChI=1S/C25H22FN3O2S/c1-17-11-13-19(14-12-17)27-23(30)10-5-15-32-25-28-22-9-3-2-8-21(22)24(31)29(25)20-7-4-6-18(26)16-20/h2-4,6-9,11-14,16H,5,10,15H2,1H3,(H,27,30). The minimum Gasteiger partial charge on any atom is -0.326 e. The predicted molar refractivity (Wildman–Crippen MR) is 127 cm³/mol. The number of nitrogens with zero attached hydrogens (tertiary/aromatic N) is 2. The fraction of sp³-hybridized carbons (Fsp3) is 0.160. The monoisotopic (exact) mass is 447 g/mol. The highest BCUT2D eigenvalue weighted by Crippen LogP contribution is 2.23. The number of carbonyl (C=O) groups excluding carboxylic acids is 1. The topological polar surface area (TPSA) is 64.0 Å². The highest BCUT2D eigenvalue weighted by Gasteiger charge is 2.14. The van der Waals surface area contributed by atoms with Crippen LogP contribution in [0.3, 0.4) is 0 Å². The number of fused-ring (bicyclic) bond motifs is 1. The molecule has 1 N–H and O–H groups in total. The van der Waals surface area contributed by atoms with E-state index in [0.717, 1.165) is 11.3 Å². The molecule has 0 radical (unpaired) electrons. The maximum atomic E-state index is 13.8. The number of hydrogen-bond donors (Lipinski definition) is 1. The van der Waals surface area contributed by atoms with Crippen molar-refractivity contribution in [1.29, 1.82) is 0 Å². The largest absolute Gasteiger partial charge is 0.326 e. The van der Waals surface area contributed by atoms with E-state index >= 15 is 0 Å². The van der Waals surface area contributed by atoms with E-state index in [1.54, 1.807) is 30.3 Å². The number of amides is 1. The quantitative estimate of drug-likeness (QED) is 0.236. The van der Waals surface area contributed by atoms with Gasteiger partial charge in [0, 0.05) is 17.9 Å². The summed E-state index contributed by atoms with van der Waals surface area (Å²) in [5, 5.41) is 3.83. The van der Waals surface area contributed by atoms with Crippen molar-refractivity contribution in [2.24, 2.45) is 0 Å². The summed E-state index contributed by atoms with van der Waals surface area (Å²) < 4.78 is 15.3. The first-order valence-corrected chi connectivity index (χ1v) is 11.3. The second kappa shape index (κ2) is 9.78. The van der Waals surface area contributed by atoms with Gasteiger partial charge in [-0.15, -0.1) is 0 Å². The molecule has 0 unspecified atom stereocenters. The Kier molecular flexibility index (Phi) is 6.66. The number of aromatic nitrogens is 2. The van der Waals surface area contributed by atoms with Gasteiger partial charge in [-0.1, -0.05) is 47.7 Å². The molecule has 0 bridgehead atoms. The lowest BCUT2D eigenvalue weighted by molar-refractivity contribution is -0.116. The normalized spacial score (nSPS) is 10.9. The van der Waals surface area contributed by atoms with Crippen molar-refractivity contribution in [3.63, 3.8) is 0 Å². The van der Waals surface area contributed by atoms with Gasteiger partial charge in [0.25, 0.3) is 5.56 Å². The molecule has 0 spiro atoms. The summed E-state index contributed by atoms with van der Waals surface area (Å²) in [4.78, 5) is 30.0. The number of aryl methyl sites for hydroxylation is 1. The molecule has 0 saturated carbocycles. The maximum Gasteiger partial charge on any atom is 0.266 e. The molecular weight excluding hydrogens is 425 g/mol. The van der Waals surface area contributed by atoms with Crippen LogP contribution in [0.4, 0.5) is 10.1 Å². The number of halogens is 1. The first-order valence-electron chi connectivity index (χ1n) is 10.3. The minimum absolute atomic E-state index is 0.0663. The second-order valence-electron chi connectivity index (χ2n) is 7.40. The van der Waals surface area contributed by atoms with Crippen molar-refractivity contribution >= 4 is 34.3 Å². The van der Waals surface area contributed by atoms with Crippen LogP contribution in [0.2, 0.25) is 0 Å². The zero-order chi connectivity index (χ0) is 22.5. The average Bonchev–Trinajstić information content (AvgIpc) is 2.78. The van der Waals surface area contributed by atoms with Gasteiger partial charge < -0.3 is 5.32 Å². The van der Waals surface area contributed by atoms with E-state index in [1.165, 1.54) is 28.5 Å². The zero-order valence-electron chi connectivity index (χ0n) is 17.5. The molecular formula is C25H22FN3O2S. The van der Waals surface area contributed by atoms with Gasteiger partial charge in [0.1, 0.15) is 5.82 Å². The molecule has 1 heterocycles. The molecule has 162 valence electrons. The SMILES string of the molecule is Cc1ccc(NC(=O)CCCSc2nc3ccccc3c(=O)n2-c2cccc(F)c2)cc1. The average molecular weight is 448 g/mol. The Bertz CT molecular complexity index is 1320. The van der Waals surface area contributed by atoms with E-state index in [9.17, 15) is 14.0 Å². The third kappa shape index (κ3) is 5.06. The lowest BCUT2D eigenvalue weighted by atomic mass is 10.2. The van der Waals surface area contributed by atoms with Crippen LogP contribution < -0.4 is 10.9 Å². The van der Waals surface area contributed by atoms with Crippen molar-refractivity contribution in [2.45, 2.75) is 24.9 Å². The Labute approximate surface area is 189 Å². The minimum atomic E-state index is -0.425. The molecule has 0 atom stereocenters. The second-order valence-corrected chi connectivity index (χ2v) is 8.46. The summed E-state index contributed by atoms with van der Waals surface area (Å²) in [6.45, 7) is 1.99. The van der Waals surface area contributed by atoms with Gasteiger partial charge in [0.05, 0.1) is 16.6 Å². The smallest absolute Gasteiger partial charge is 0.266 e. The molecule has 0 aliphatic rings. The fourth-order valence-corrected chi connectivity index (χ4v) is 4.26. The number of nitrogens with one attached hydrogen (secondary N) is 1. The third-order valence-electron chi connectivity index (χ3n) is 4.93. The predicted octanol–water partition coefficient (Wildman–Crippen LogP) is 5.34. The Morgan fingerprint density at radius 1 is 1.06 bits per heavy atom. The van der Waals surface area contributed by atoms with Crippen LogP contribution in [0.25, 0.3) is 16.6 Å². The number of rotatable bonds is 7. The van der Waals surface area contributed by atoms with Crippen LogP contribution in [-0.4, -0.2) is 21.2 Å². The summed E-state index contributed by atoms with van der Waals surface area (Å²) in [6, 6.07) is 20.6. The van der Waals surface area contributed by atoms with Crippen molar-refractivity contribution in [3.8, 4) is 5.69 Å². The lowest BCUT2D eigenvalue weighted by Gasteiger charge is -2.13. The van der Waals surface area contributed by atoms with Crippen molar-refractivity contribution in [3.05, 3.63) is 94.5 Å². The van der Waals surface area contributed by atoms with Crippen molar-refractivity contribution in [2.75, 3.05) is 11.1 Å². The van der Waals surface area contributed by atoms with Crippen LogP contribution in [-0.2, 0) is 4.79 Å². The molecule has 0 aliphatic heterocycles. The van der Waals surface area contributed by atoms with Crippen LogP contribution >= 0.6 is 11.8 Å². The summed E-state index contributed by atoms with van der Waals surface area (Å²) in [5.74, 6) is 0.0937. The van der Waals surface area contributed by atoms with Gasteiger partial charge in [-0.25, -0.2) is 9.37 Å². The van der Waals surface area contributed by atoms with Crippen LogP contribution in [0, 0.1) is 12.7 Å². The number of para-hydroxylation sites is 1. The van der Waals surface area contributed by atoms with E-state index in [4.69, 9.17) is 0 Å². The van der Waals surface area contributed by atoms with E-state index in [-0.39, 0.29) is 11.5 Å². The number of benzene rings is 3. The molecule has 4 rings (SSSR count). The van der Waals surface area contributed by atoms with Gasteiger partial charge in [-0.2, -0.15) is 0 Å². The molecule has 0 aliphatic carbocycles. The third-order valence-corrected chi connectivity index (χ3v) is 5.95. The molecule has 3 aromatic carbocycles. The van der Waals surface area contributed by atoms with E-state index in [0.29, 0.717) is 40.3 Å². The van der Waals surface area contributed by atoms with Crippen LogP contribution in [0.1, 0.15) is 18.4 Å². The summed E-state index contributed by atoms with van der Waals surface area (Å²) >= 11 is 1.38. The highest BCUT2D eigenvalue weighted by molar-refractivity contribution is 7.99. The van der Waals surface area contributed by atoms with Gasteiger partial charge in [-0.3, -0.25) is 14.2 Å². The molecule has 1 amide bonds. The zero-order valence-corrected chi connectivity index (χ0v) is 18.4. The van der Waals surface area contributed by atoms with E-state index in [2.05, 4.69) is 10.3 Å². The number of carbonyl (C=O) groups is 1. The summed E-state index contributed by atoms with van der Waals surface area (Å²) in [5.41, 5.74) is 2.66. The van der Waals surface area contributed by atoms with Crippen LogP contribution in [0.15, 0.2) is 82.7 Å². The summed E-state index contributed by atoms with van der Waals surface area (Å²) in [7, 11) is 0. The Hall–Kier alpha value is -3.45. The molecule has 4 aromatic rings. The Balaban J connectivity index is 1.49. The van der Waals surface area contributed by atoms with Crippen molar-refractivity contribution < 1.29 is 9.18 Å². The molecule has 32 heavy (non-hydrogen) atoms. The van der Waals surface area contributed by atoms with E-state index < -0.39 is 5.82 Å². The molecule has 0 fully saturated rings. The van der Waals surface area contributed by atoms with Gasteiger partial charge in [-0.05, 0) is 55.8 Å². The van der Waals surface area contributed by atoms with Crippen LogP contribution in [0.5, 0.6) is 0 Å². The lowest BCUT2D eigenvalue weighted by Crippen LogP contribution is -2.22. The van der Waals surface area contributed by atoms with Crippen molar-refractivity contribution in [1.82, 2.24) is 9.55 Å².